The minimum atomic E-state index is -0.667. The lowest BCUT2D eigenvalue weighted by Gasteiger charge is -2.17. The van der Waals surface area contributed by atoms with Crippen molar-refractivity contribution in [3.05, 3.63) is 109 Å². The number of rotatable bonds is 9. The second kappa shape index (κ2) is 11.5. The topological polar surface area (TPSA) is 83.1 Å². The molecule has 0 saturated carbocycles. The molecule has 11 heteroatoms. The van der Waals surface area contributed by atoms with Gasteiger partial charge >= 0.3 is 0 Å². The van der Waals surface area contributed by atoms with Crippen LogP contribution in [0.1, 0.15) is 33.3 Å². The largest absolute Gasteiger partial charge is 0.486 e. The highest BCUT2D eigenvalue weighted by Crippen LogP contribution is 2.42. The summed E-state index contributed by atoms with van der Waals surface area (Å²) in [6, 6.07) is 15.4. The van der Waals surface area contributed by atoms with Crippen molar-refractivity contribution in [1.29, 1.82) is 0 Å². The van der Waals surface area contributed by atoms with Gasteiger partial charge in [0.15, 0.2) is 10.9 Å². The Hall–Kier alpha value is -3.14. The number of ether oxygens (including phenoxy) is 1. The molecule has 0 saturated heterocycles. The van der Waals surface area contributed by atoms with Crippen LogP contribution in [0.3, 0.4) is 0 Å². The molecule has 0 aliphatic rings. The van der Waals surface area contributed by atoms with Crippen molar-refractivity contribution in [3.63, 3.8) is 0 Å². The van der Waals surface area contributed by atoms with Gasteiger partial charge in [0.25, 0.3) is 0 Å². The fraction of sp³-hybridized carbons (Fsp3) is 0.231. The van der Waals surface area contributed by atoms with E-state index in [0.29, 0.717) is 22.1 Å². The van der Waals surface area contributed by atoms with E-state index in [1.54, 1.807) is 30.3 Å². The van der Waals surface area contributed by atoms with Gasteiger partial charge in [0, 0.05) is 16.2 Å². The molecule has 1 atom stereocenters. The molecule has 1 aromatic heterocycles. The summed E-state index contributed by atoms with van der Waals surface area (Å²) in [5.41, 5.74) is 3.99. The van der Waals surface area contributed by atoms with Crippen molar-refractivity contribution < 1.29 is 14.1 Å². The Kier molecular flexibility index (Phi) is 8.36. The molecule has 0 aliphatic heterocycles. The van der Waals surface area contributed by atoms with E-state index in [4.69, 9.17) is 27.9 Å². The standard InChI is InChI=1S/C26H23Cl2FN4O3S/c1-15-8-9-20(10-16(15)2)33-17(3)30-31-26(33)37-24(13-32(34)35)19-11-21(27)25(22(28)12-19)36-14-18-6-4-5-7-23(18)29/h4-12,24H,13-14H2,1-3H3/t24-/m1/s1. The predicted molar refractivity (Wildman–Crippen MR) is 143 cm³/mol. The molecule has 37 heavy (non-hydrogen) atoms. The molecule has 0 unspecified atom stereocenters. The Morgan fingerprint density at radius 1 is 1.05 bits per heavy atom. The molecular formula is C26H23Cl2FN4O3S. The molecule has 0 radical (unpaired) electrons. The van der Waals surface area contributed by atoms with E-state index in [-0.39, 0.29) is 22.4 Å². The van der Waals surface area contributed by atoms with Gasteiger partial charge in [-0.05, 0) is 67.8 Å². The lowest BCUT2D eigenvalue weighted by Crippen LogP contribution is -2.11. The van der Waals surface area contributed by atoms with E-state index in [2.05, 4.69) is 10.2 Å². The third kappa shape index (κ3) is 6.23. The van der Waals surface area contributed by atoms with Gasteiger partial charge < -0.3 is 4.74 Å². The Labute approximate surface area is 227 Å². The molecule has 0 spiro atoms. The molecule has 4 aromatic rings. The lowest BCUT2D eigenvalue weighted by atomic mass is 10.1. The van der Waals surface area contributed by atoms with Crippen molar-refractivity contribution in [3.8, 4) is 11.4 Å². The second-order valence-electron chi connectivity index (χ2n) is 8.45. The summed E-state index contributed by atoms with van der Waals surface area (Å²) < 4.78 is 21.5. The first-order valence-electron chi connectivity index (χ1n) is 11.3. The van der Waals surface area contributed by atoms with Crippen LogP contribution in [0, 0.1) is 36.7 Å². The number of hydrogen-bond donors (Lipinski definition) is 0. The van der Waals surface area contributed by atoms with E-state index in [9.17, 15) is 14.5 Å². The van der Waals surface area contributed by atoms with Crippen LogP contribution >= 0.6 is 35.0 Å². The zero-order chi connectivity index (χ0) is 26.7. The van der Waals surface area contributed by atoms with Crippen molar-refractivity contribution >= 4 is 35.0 Å². The number of aryl methyl sites for hydroxylation is 3. The quantitative estimate of drug-likeness (QED) is 0.121. The van der Waals surface area contributed by atoms with Crippen LogP contribution in [0.4, 0.5) is 4.39 Å². The SMILES string of the molecule is Cc1ccc(-n2c(C)nnc2S[C@H](C[N+](=O)[O-])c2cc(Cl)c(OCc3ccccc3F)c(Cl)c2)cc1C. The highest BCUT2D eigenvalue weighted by atomic mass is 35.5. The van der Waals surface area contributed by atoms with Crippen LogP contribution < -0.4 is 4.74 Å². The molecule has 4 rings (SSSR count). The van der Waals surface area contributed by atoms with E-state index >= 15 is 0 Å². The molecular weight excluding hydrogens is 538 g/mol. The number of thioether (sulfide) groups is 1. The number of aromatic nitrogens is 3. The highest BCUT2D eigenvalue weighted by Gasteiger charge is 2.26. The van der Waals surface area contributed by atoms with Crippen LogP contribution in [0.2, 0.25) is 10.0 Å². The second-order valence-corrected chi connectivity index (χ2v) is 10.4. The molecule has 7 nitrogen and oxygen atoms in total. The van der Waals surface area contributed by atoms with Crippen LogP contribution in [0.15, 0.2) is 59.8 Å². The molecule has 3 aromatic carbocycles. The highest BCUT2D eigenvalue weighted by molar-refractivity contribution is 7.99. The molecule has 0 bridgehead atoms. The summed E-state index contributed by atoms with van der Waals surface area (Å²) in [6.45, 7) is 5.39. The van der Waals surface area contributed by atoms with Crippen molar-refractivity contribution in [2.45, 2.75) is 37.8 Å². The maximum atomic E-state index is 14.0. The summed E-state index contributed by atoms with van der Waals surface area (Å²) in [7, 11) is 0. The predicted octanol–water partition coefficient (Wildman–Crippen LogP) is 7.33. The minimum absolute atomic E-state index is 0.0725. The van der Waals surface area contributed by atoms with Gasteiger partial charge in [-0.1, -0.05) is 59.2 Å². The number of benzene rings is 3. The van der Waals surface area contributed by atoms with Gasteiger partial charge in [0.05, 0.1) is 10.0 Å². The van der Waals surface area contributed by atoms with Crippen LogP contribution in [0.25, 0.3) is 5.69 Å². The number of hydrogen-bond acceptors (Lipinski definition) is 6. The van der Waals surface area contributed by atoms with Gasteiger partial charge in [-0.2, -0.15) is 0 Å². The lowest BCUT2D eigenvalue weighted by molar-refractivity contribution is -0.479. The fourth-order valence-electron chi connectivity index (χ4n) is 3.72. The van der Waals surface area contributed by atoms with Gasteiger partial charge in [-0.25, -0.2) is 4.39 Å². The first-order valence-corrected chi connectivity index (χ1v) is 12.9. The summed E-state index contributed by atoms with van der Waals surface area (Å²) >= 11 is 14.1. The Bertz CT molecular complexity index is 1440. The van der Waals surface area contributed by atoms with Crippen LogP contribution in [-0.2, 0) is 6.61 Å². The maximum Gasteiger partial charge on any atom is 0.220 e. The van der Waals surface area contributed by atoms with E-state index < -0.39 is 22.5 Å². The maximum absolute atomic E-state index is 14.0. The van der Waals surface area contributed by atoms with Crippen molar-refractivity contribution in [2.24, 2.45) is 0 Å². The first kappa shape index (κ1) is 26.9. The summed E-state index contributed by atoms with van der Waals surface area (Å²) in [5, 5.41) is 20.2. The Morgan fingerprint density at radius 2 is 1.76 bits per heavy atom. The fourth-order valence-corrected chi connectivity index (χ4v) is 5.49. The average molecular weight is 561 g/mol. The summed E-state index contributed by atoms with van der Waals surface area (Å²) in [5.74, 6) is 0.421. The van der Waals surface area contributed by atoms with Gasteiger partial charge in [0.2, 0.25) is 6.54 Å². The summed E-state index contributed by atoms with van der Waals surface area (Å²) in [6.07, 6.45) is 0. The molecule has 0 N–H and O–H groups in total. The van der Waals surface area contributed by atoms with E-state index in [1.165, 1.54) is 17.8 Å². The van der Waals surface area contributed by atoms with Gasteiger partial charge in [-0.15, -0.1) is 10.2 Å². The first-order chi connectivity index (χ1) is 17.6. The van der Waals surface area contributed by atoms with E-state index in [1.807, 2.05) is 43.5 Å². The van der Waals surface area contributed by atoms with Crippen LogP contribution in [0.5, 0.6) is 5.75 Å². The average Bonchev–Trinajstić information content (AvgIpc) is 3.20. The van der Waals surface area contributed by atoms with E-state index in [0.717, 1.165) is 16.8 Å². The van der Waals surface area contributed by atoms with Crippen molar-refractivity contribution in [1.82, 2.24) is 14.8 Å². The Morgan fingerprint density at radius 3 is 2.41 bits per heavy atom. The van der Waals surface area contributed by atoms with Crippen molar-refractivity contribution in [2.75, 3.05) is 6.54 Å². The normalized spacial score (nSPS) is 11.9. The number of nitrogens with zero attached hydrogens (tertiary/aromatic N) is 4. The smallest absolute Gasteiger partial charge is 0.220 e. The zero-order valence-electron chi connectivity index (χ0n) is 20.2. The zero-order valence-corrected chi connectivity index (χ0v) is 22.6. The monoisotopic (exact) mass is 560 g/mol. The number of nitro groups is 1. The molecule has 0 amide bonds. The molecule has 0 aliphatic carbocycles. The molecule has 1 heterocycles. The molecule has 0 fully saturated rings. The molecule has 192 valence electrons. The Balaban J connectivity index is 1.64. The summed E-state index contributed by atoms with van der Waals surface area (Å²) in [4.78, 5) is 11.2. The number of halogens is 3. The van der Waals surface area contributed by atoms with Gasteiger partial charge in [-0.3, -0.25) is 14.7 Å². The third-order valence-electron chi connectivity index (χ3n) is 5.83. The minimum Gasteiger partial charge on any atom is -0.486 e. The van der Waals surface area contributed by atoms with Crippen LogP contribution in [-0.4, -0.2) is 26.2 Å². The third-order valence-corrected chi connectivity index (χ3v) is 7.57. The van der Waals surface area contributed by atoms with Gasteiger partial charge in [0.1, 0.15) is 23.5 Å².